The third-order valence-electron chi connectivity index (χ3n) is 3.09. The van der Waals surface area contributed by atoms with Crippen molar-refractivity contribution in [1.82, 2.24) is 5.32 Å². The van der Waals surface area contributed by atoms with Crippen molar-refractivity contribution in [3.05, 3.63) is 35.4 Å². The molecule has 1 N–H and O–H groups in total. The molecule has 1 aromatic rings. The zero-order chi connectivity index (χ0) is 11.6. The maximum atomic E-state index is 8.41. The van der Waals surface area contributed by atoms with Crippen LogP contribution in [0.5, 0.6) is 0 Å². The van der Waals surface area contributed by atoms with Gasteiger partial charge in [0.25, 0.3) is 0 Å². The summed E-state index contributed by atoms with van der Waals surface area (Å²) in [5.41, 5.74) is 2.77. The van der Waals surface area contributed by atoms with Crippen molar-refractivity contribution in [1.29, 1.82) is 5.26 Å². The van der Waals surface area contributed by atoms with E-state index >= 15 is 0 Å². The normalized spacial score (nSPS) is 21.7. The summed E-state index contributed by atoms with van der Waals surface area (Å²) in [5, 5.41) is 10.9. The molecule has 0 saturated heterocycles. The minimum Gasteiger partial charge on any atom is -0.283 e. The molecule has 0 saturated carbocycles. The Balaban J connectivity index is 2.32. The fraction of sp³-hybridized carbons (Fsp3) is 0.385. The van der Waals surface area contributed by atoms with Crippen LogP contribution in [0.3, 0.4) is 0 Å². The van der Waals surface area contributed by atoms with Gasteiger partial charge in [0.15, 0.2) is 6.19 Å². The Labute approximate surface area is 95.8 Å². The van der Waals surface area contributed by atoms with Crippen molar-refractivity contribution in [3.8, 4) is 6.19 Å². The second-order valence-corrected chi connectivity index (χ2v) is 4.80. The van der Waals surface area contributed by atoms with Gasteiger partial charge in [-0.3, -0.25) is 10.3 Å². The highest BCUT2D eigenvalue weighted by atomic mass is 15.0. The number of nitrogens with one attached hydrogen (secondary N) is 1. The molecule has 2 rings (SSSR count). The molecule has 3 heteroatoms. The highest BCUT2D eigenvalue weighted by Gasteiger charge is 2.38. The lowest BCUT2D eigenvalue weighted by molar-refractivity contribution is 0.321. The lowest BCUT2D eigenvalue weighted by Crippen LogP contribution is -2.17. The molecular formula is C13H15N3. The van der Waals surface area contributed by atoms with Gasteiger partial charge in [0.1, 0.15) is 0 Å². The minimum absolute atomic E-state index is 0.122. The van der Waals surface area contributed by atoms with Gasteiger partial charge in [-0.05, 0) is 23.0 Å². The first kappa shape index (κ1) is 10.7. The van der Waals surface area contributed by atoms with Gasteiger partial charge in [0, 0.05) is 0 Å². The van der Waals surface area contributed by atoms with E-state index in [9.17, 15) is 0 Å². The number of aliphatic imine (C=N–C) groups is 1. The van der Waals surface area contributed by atoms with Gasteiger partial charge in [-0.25, -0.2) is 0 Å². The van der Waals surface area contributed by atoms with Crippen LogP contribution in [0.25, 0.3) is 0 Å². The van der Waals surface area contributed by atoms with Gasteiger partial charge in [0.05, 0.1) is 12.4 Å². The molecule has 0 aliphatic heterocycles. The maximum Gasteiger partial charge on any atom is 0.182 e. The molecule has 3 nitrogen and oxygen atoms in total. The van der Waals surface area contributed by atoms with E-state index in [4.69, 9.17) is 5.26 Å². The molecule has 16 heavy (non-hydrogen) atoms. The number of hydrogen-bond acceptors (Lipinski definition) is 2. The molecular weight excluding hydrogens is 198 g/mol. The van der Waals surface area contributed by atoms with Crippen LogP contribution < -0.4 is 5.32 Å². The summed E-state index contributed by atoms with van der Waals surface area (Å²) in [5.74, 6) is 0. The summed E-state index contributed by atoms with van der Waals surface area (Å²) in [6, 6.07) is 8.53. The van der Waals surface area contributed by atoms with Crippen LogP contribution in [0.2, 0.25) is 0 Å². The highest BCUT2D eigenvalue weighted by molar-refractivity contribution is 5.57. The smallest absolute Gasteiger partial charge is 0.182 e. The van der Waals surface area contributed by atoms with Crippen molar-refractivity contribution >= 4 is 6.34 Å². The SMILES string of the molecule is CC1(C)Cc2ccccc2C1N=CNC#N. The Hall–Kier alpha value is -1.82. The van der Waals surface area contributed by atoms with E-state index in [1.54, 1.807) is 0 Å². The zero-order valence-electron chi connectivity index (χ0n) is 9.57. The van der Waals surface area contributed by atoms with Crippen LogP contribution in [0.1, 0.15) is 31.0 Å². The average molecular weight is 213 g/mol. The molecule has 0 heterocycles. The molecule has 1 atom stereocenters. The van der Waals surface area contributed by atoms with Crippen molar-refractivity contribution in [2.75, 3.05) is 0 Å². The topological polar surface area (TPSA) is 48.2 Å². The number of hydrogen-bond donors (Lipinski definition) is 1. The fourth-order valence-corrected chi connectivity index (χ4v) is 2.39. The largest absolute Gasteiger partial charge is 0.283 e. The monoisotopic (exact) mass is 213 g/mol. The van der Waals surface area contributed by atoms with Crippen LogP contribution in [0.15, 0.2) is 29.3 Å². The predicted octanol–water partition coefficient (Wildman–Crippen LogP) is 2.41. The summed E-state index contributed by atoms with van der Waals surface area (Å²) in [6.07, 6.45) is 4.38. The van der Waals surface area contributed by atoms with Crippen molar-refractivity contribution in [3.63, 3.8) is 0 Å². The van der Waals surface area contributed by atoms with E-state index in [0.717, 1.165) is 6.42 Å². The van der Waals surface area contributed by atoms with Crippen molar-refractivity contribution in [2.45, 2.75) is 26.3 Å². The van der Waals surface area contributed by atoms with E-state index in [-0.39, 0.29) is 11.5 Å². The van der Waals surface area contributed by atoms with Gasteiger partial charge >= 0.3 is 0 Å². The number of fused-ring (bicyclic) bond motifs is 1. The predicted molar refractivity (Wildman–Crippen MR) is 63.9 cm³/mol. The second-order valence-electron chi connectivity index (χ2n) is 4.80. The lowest BCUT2D eigenvalue weighted by atomic mass is 9.86. The van der Waals surface area contributed by atoms with Crippen LogP contribution in [-0.2, 0) is 6.42 Å². The van der Waals surface area contributed by atoms with Gasteiger partial charge in [-0.15, -0.1) is 0 Å². The molecule has 1 aliphatic carbocycles. The molecule has 0 spiro atoms. The van der Waals surface area contributed by atoms with Crippen molar-refractivity contribution in [2.24, 2.45) is 10.4 Å². The van der Waals surface area contributed by atoms with Gasteiger partial charge in [-0.1, -0.05) is 38.1 Å². The third kappa shape index (κ3) is 1.79. The Morgan fingerprint density at radius 2 is 2.25 bits per heavy atom. The minimum atomic E-state index is 0.122. The number of benzene rings is 1. The summed E-state index contributed by atoms with van der Waals surface area (Å²) in [4.78, 5) is 4.45. The number of rotatable bonds is 2. The average Bonchev–Trinajstić information content (AvgIpc) is 2.50. The first-order valence-corrected chi connectivity index (χ1v) is 5.39. The fourth-order valence-electron chi connectivity index (χ4n) is 2.39. The summed E-state index contributed by atoms with van der Waals surface area (Å²) >= 11 is 0. The Morgan fingerprint density at radius 1 is 1.50 bits per heavy atom. The van der Waals surface area contributed by atoms with Gasteiger partial charge in [-0.2, -0.15) is 5.26 Å². The summed E-state index contributed by atoms with van der Waals surface area (Å²) in [6.45, 7) is 4.42. The van der Waals surface area contributed by atoms with Crippen LogP contribution in [0.4, 0.5) is 0 Å². The number of nitriles is 1. The van der Waals surface area contributed by atoms with E-state index in [1.807, 2.05) is 12.3 Å². The molecule has 0 amide bonds. The highest BCUT2D eigenvalue weighted by Crippen LogP contribution is 2.47. The van der Waals surface area contributed by atoms with Crippen molar-refractivity contribution < 1.29 is 0 Å². The van der Waals surface area contributed by atoms with Gasteiger partial charge in [0.2, 0.25) is 0 Å². The van der Waals surface area contributed by atoms with E-state index < -0.39 is 0 Å². The zero-order valence-corrected chi connectivity index (χ0v) is 9.57. The molecule has 82 valence electrons. The maximum absolute atomic E-state index is 8.41. The van der Waals surface area contributed by atoms with Crippen LogP contribution in [-0.4, -0.2) is 6.34 Å². The Morgan fingerprint density at radius 3 is 3.00 bits per heavy atom. The molecule has 1 unspecified atom stereocenters. The first-order valence-electron chi connectivity index (χ1n) is 5.39. The molecule has 0 bridgehead atoms. The molecule has 1 aliphatic rings. The Kier molecular flexibility index (Phi) is 2.66. The molecule has 1 aromatic carbocycles. The standard InChI is InChI=1S/C13H15N3/c1-13(2)7-10-5-3-4-6-11(10)12(13)16-9-15-8-14/h3-6,9,12H,7H2,1-2H3,(H,15,16). The third-order valence-corrected chi connectivity index (χ3v) is 3.09. The van der Waals surface area contributed by atoms with Gasteiger partial charge < -0.3 is 0 Å². The quantitative estimate of drug-likeness (QED) is 0.355. The van der Waals surface area contributed by atoms with E-state index in [0.29, 0.717) is 0 Å². The number of nitrogens with zero attached hydrogens (tertiary/aromatic N) is 2. The van der Waals surface area contributed by atoms with E-state index in [2.05, 4.69) is 42.4 Å². The molecule has 0 fully saturated rings. The second kappa shape index (κ2) is 3.97. The summed E-state index contributed by atoms with van der Waals surface area (Å²) < 4.78 is 0. The molecule has 0 aromatic heterocycles. The first-order chi connectivity index (χ1) is 7.65. The Bertz CT molecular complexity index is 454. The van der Waals surface area contributed by atoms with Crippen LogP contribution >= 0.6 is 0 Å². The molecule has 0 radical (unpaired) electrons. The lowest BCUT2D eigenvalue weighted by Gasteiger charge is -2.23. The summed E-state index contributed by atoms with van der Waals surface area (Å²) in [7, 11) is 0. The van der Waals surface area contributed by atoms with Crippen LogP contribution in [0, 0.1) is 16.9 Å². The van der Waals surface area contributed by atoms with E-state index in [1.165, 1.54) is 17.5 Å².